The second-order valence-corrected chi connectivity index (χ2v) is 5.45. The first-order valence-corrected chi connectivity index (χ1v) is 6.70. The summed E-state index contributed by atoms with van der Waals surface area (Å²) >= 11 is 0. The molecule has 0 amide bonds. The van der Waals surface area contributed by atoms with E-state index >= 15 is 0 Å². The summed E-state index contributed by atoms with van der Waals surface area (Å²) in [4.78, 5) is 2.26. The zero-order valence-corrected chi connectivity index (χ0v) is 11.4. The lowest BCUT2D eigenvalue weighted by Gasteiger charge is -2.24. The standard InChI is InChI=1S/C15H23N3/c1-11(8-15(16)17)18(2)10-12-6-7-13-4-3-5-14(13)9-12/h6-7,9,11H,3-5,8,10H2,1-2H3,(H3,16,17). The minimum Gasteiger partial charge on any atom is -0.388 e. The molecule has 2 rings (SSSR count). The van der Waals surface area contributed by atoms with Crippen molar-refractivity contribution in [2.45, 2.75) is 45.2 Å². The second kappa shape index (κ2) is 5.53. The van der Waals surface area contributed by atoms with Crippen molar-refractivity contribution in [2.75, 3.05) is 7.05 Å². The largest absolute Gasteiger partial charge is 0.388 e. The lowest BCUT2D eigenvalue weighted by Crippen LogP contribution is -2.32. The third-order valence-corrected chi connectivity index (χ3v) is 3.86. The van der Waals surface area contributed by atoms with E-state index in [1.807, 2.05) is 0 Å². The quantitative estimate of drug-likeness (QED) is 0.618. The van der Waals surface area contributed by atoms with Crippen LogP contribution in [0.2, 0.25) is 0 Å². The van der Waals surface area contributed by atoms with Crippen LogP contribution in [0.25, 0.3) is 0 Å². The molecule has 98 valence electrons. The molecular formula is C15H23N3. The van der Waals surface area contributed by atoms with Gasteiger partial charge in [-0.2, -0.15) is 0 Å². The van der Waals surface area contributed by atoms with E-state index in [9.17, 15) is 0 Å². The highest BCUT2D eigenvalue weighted by Gasteiger charge is 2.14. The highest BCUT2D eigenvalue weighted by molar-refractivity contribution is 5.77. The van der Waals surface area contributed by atoms with Crippen molar-refractivity contribution in [1.82, 2.24) is 4.90 Å². The van der Waals surface area contributed by atoms with Crippen molar-refractivity contribution in [3.8, 4) is 0 Å². The van der Waals surface area contributed by atoms with Crippen LogP contribution >= 0.6 is 0 Å². The maximum absolute atomic E-state index is 7.35. The van der Waals surface area contributed by atoms with Gasteiger partial charge in [0.1, 0.15) is 0 Å². The van der Waals surface area contributed by atoms with E-state index in [4.69, 9.17) is 11.1 Å². The Labute approximate surface area is 109 Å². The first-order chi connectivity index (χ1) is 8.56. The molecule has 0 heterocycles. The molecule has 0 radical (unpaired) electrons. The van der Waals surface area contributed by atoms with E-state index in [1.54, 1.807) is 0 Å². The molecule has 1 atom stereocenters. The van der Waals surface area contributed by atoms with Gasteiger partial charge in [-0.1, -0.05) is 18.2 Å². The fourth-order valence-corrected chi connectivity index (χ4v) is 2.64. The summed E-state index contributed by atoms with van der Waals surface area (Å²) in [5, 5.41) is 7.35. The SMILES string of the molecule is CC(CC(=N)N)N(C)Cc1ccc2c(c1)CCC2. The Bertz CT molecular complexity index is 439. The van der Waals surface area contributed by atoms with E-state index in [2.05, 4.69) is 37.1 Å². The van der Waals surface area contributed by atoms with Gasteiger partial charge in [0.15, 0.2) is 0 Å². The van der Waals surface area contributed by atoms with Crippen LogP contribution in [-0.4, -0.2) is 23.8 Å². The van der Waals surface area contributed by atoms with Crippen LogP contribution in [0, 0.1) is 5.41 Å². The van der Waals surface area contributed by atoms with Crippen molar-refractivity contribution in [3.05, 3.63) is 34.9 Å². The Balaban J connectivity index is 1.98. The molecule has 0 bridgehead atoms. The Morgan fingerprint density at radius 1 is 1.39 bits per heavy atom. The molecule has 1 aromatic carbocycles. The van der Waals surface area contributed by atoms with Crippen LogP contribution < -0.4 is 5.73 Å². The lowest BCUT2D eigenvalue weighted by molar-refractivity contribution is 0.254. The smallest absolute Gasteiger partial charge is 0.0920 e. The molecule has 0 aromatic heterocycles. The first kappa shape index (κ1) is 13.1. The van der Waals surface area contributed by atoms with Crippen LogP contribution in [-0.2, 0) is 19.4 Å². The van der Waals surface area contributed by atoms with Crippen LogP contribution in [0.4, 0.5) is 0 Å². The number of rotatable bonds is 5. The molecule has 1 aliphatic carbocycles. The summed E-state index contributed by atoms with van der Waals surface area (Å²) in [6.07, 6.45) is 4.42. The number of hydrogen-bond donors (Lipinski definition) is 2. The summed E-state index contributed by atoms with van der Waals surface area (Å²) in [5.74, 6) is 0.267. The molecule has 3 heteroatoms. The Morgan fingerprint density at radius 3 is 2.83 bits per heavy atom. The van der Waals surface area contributed by atoms with Gasteiger partial charge in [-0.25, -0.2) is 0 Å². The van der Waals surface area contributed by atoms with Gasteiger partial charge in [0.05, 0.1) is 5.84 Å². The van der Waals surface area contributed by atoms with E-state index in [-0.39, 0.29) is 5.84 Å². The predicted octanol–water partition coefficient (Wildman–Crippen LogP) is 2.32. The molecule has 0 saturated carbocycles. The zero-order chi connectivity index (χ0) is 13.1. The maximum Gasteiger partial charge on any atom is 0.0920 e. The van der Waals surface area contributed by atoms with Crippen LogP contribution in [0.15, 0.2) is 18.2 Å². The normalized spacial score (nSPS) is 15.7. The van der Waals surface area contributed by atoms with Crippen molar-refractivity contribution < 1.29 is 0 Å². The maximum atomic E-state index is 7.35. The molecule has 18 heavy (non-hydrogen) atoms. The molecule has 3 nitrogen and oxygen atoms in total. The monoisotopic (exact) mass is 245 g/mol. The molecule has 0 fully saturated rings. The molecular weight excluding hydrogens is 222 g/mol. The number of nitrogens with zero attached hydrogens (tertiary/aromatic N) is 1. The second-order valence-electron chi connectivity index (χ2n) is 5.45. The van der Waals surface area contributed by atoms with Gasteiger partial charge in [0.25, 0.3) is 0 Å². The van der Waals surface area contributed by atoms with Gasteiger partial charge in [0, 0.05) is 19.0 Å². The minimum atomic E-state index is 0.267. The highest BCUT2D eigenvalue weighted by Crippen LogP contribution is 2.23. The molecule has 1 aliphatic rings. The average molecular weight is 245 g/mol. The number of amidine groups is 1. The van der Waals surface area contributed by atoms with Gasteiger partial charge in [-0.3, -0.25) is 10.3 Å². The number of nitrogens with one attached hydrogen (secondary N) is 1. The average Bonchev–Trinajstić information content (AvgIpc) is 2.75. The Kier molecular flexibility index (Phi) is 4.02. The summed E-state index contributed by atoms with van der Waals surface area (Å²) in [7, 11) is 2.10. The Hall–Kier alpha value is -1.35. The van der Waals surface area contributed by atoms with Gasteiger partial charge < -0.3 is 5.73 Å². The lowest BCUT2D eigenvalue weighted by atomic mass is 10.1. The van der Waals surface area contributed by atoms with Gasteiger partial charge in [0.2, 0.25) is 0 Å². The number of hydrogen-bond acceptors (Lipinski definition) is 2. The van der Waals surface area contributed by atoms with Gasteiger partial charge in [-0.05, 0) is 49.9 Å². The summed E-state index contributed by atoms with van der Waals surface area (Å²) in [5.41, 5.74) is 9.88. The molecule has 1 unspecified atom stereocenters. The molecule has 0 saturated heterocycles. The fraction of sp³-hybridized carbons (Fsp3) is 0.533. The summed E-state index contributed by atoms with van der Waals surface area (Å²) in [6, 6.07) is 7.18. The van der Waals surface area contributed by atoms with Crippen LogP contribution in [0.3, 0.4) is 0 Å². The van der Waals surface area contributed by atoms with Crippen molar-refractivity contribution >= 4 is 5.84 Å². The van der Waals surface area contributed by atoms with Crippen LogP contribution in [0.5, 0.6) is 0 Å². The van der Waals surface area contributed by atoms with Crippen molar-refractivity contribution in [1.29, 1.82) is 5.41 Å². The number of benzene rings is 1. The van der Waals surface area contributed by atoms with Crippen molar-refractivity contribution in [2.24, 2.45) is 5.73 Å². The minimum absolute atomic E-state index is 0.267. The third kappa shape index (κ3) is 3.10. The van der Waals surface area contributed by atoms with Gasteiger partial charge in [-0.15, -0.1) is 0 Å². The number of aryl methyl sites for hydroxylation is 2. The fourth-order valence-electron chi connectivity index (χ4n) is 2.64. The summed E-state index contributed by atoms with van der Waals surface area (Å²) < 4.78 is 0. The first-order valence-electron chi connectivity index (χ1n) is 6.70. The zero-order valence-electron chi connectivity index (χ0n) is 11.4. The molecule has 0 aliphatic heterocycles. The third-order valence-electron chi connectivity index (χ3n) is 3.86. The van der Waals surface area contributed by atoms with E-state index < -0.39 is 0 Å². The van der Waals surface area contributed by atoms with Crippen LogP contribution in [0.1, 0.15) is 36.5 Å². The number of fused-ring (bicyclic) bond motifs is 1. The van der Waals surface area contributed by atoms with Crippen molar-refractivity contribution in [3.63, 3.8) is 0 Å². The predicted molar refractivity (Wildman–Crippen MR) is 75.9 cm³/mol. The Morgan fingerprint density at radius 2 is 2.11 bits per heavy atom. The molecule has 3 N–H and O–H groups in total. The molecule has 1 aromatic rings. The summed E-state index contributed by atoms with van der Waals surface area (Å²) in [6.45, 7) is 3.05. The molecule has 0 spiro atoms. The van der Waals surface area contributed by atoms with E-state index in [0.717, 1.165) is 6.54 Å². The van der Waals surface area contributed by atoms with Gasteiger partial charge >= 0.3 is 0 Å². The topological polar surface area (TPSA) is 53.1 Å². The highest BCUT2D eigenvalue weighted by atomic mass is 15.1. The number of nitrogens with two attached hydrogens (primary N) is 1. The van der Waals surface area contributed by atoms with E-state index in [1.165, 1.54) is 36.0 Å². The van der Waals surface area contributed by atoms with E-state index in [0.29, 0.717) is 12.5 Å².